The van der Waals surface area contributed by atoms with Crippen LogP contribution >= 0.6 is 35.4 Å². The first-order valence-corrected chi connectivity index (χ1v) is 12.3. The van der Waals surface area contributed by atoms with Gasteiger partial charge >= 0.3 is 0 Å². The van der Waals surface area contributed by atoms with Gasteiger partial charge in [0.25, 0.3) is 5.69 Å². The normalized spacial score (nSPS) is 12.2. The molecule has 0 unspecified atom stereocenters. The Kier molecular flexibility index (Phi) is 6.40. The van der Waals surface area contributed by atoms with Crippen LogP contribution in [0.5, 0.6) is 0 Å². The Hall–Kier alpha value is -2.98. The highest BCUT2D eigenvalue weighted by Gasteiger charge is 2.22. The van der Waals surface area contributed by atoms with Gasteiger partial charge in [0.05, 0.1) is 26.6 Å². The number of halogens is 2. The summed E-state index contributed by atoms with van der Waals surface area (Å²) in [6, 6.07) is 17.1. The predicted octanol–water partition coefficient (Wildman–Crippen LogP) is 6.48. The minimum Gasteiger partial charge on any atom is -0.330 e. The van der Waals surface area contributed by atoms with Gasteiger partial charge in [0.15, 0.2) is 14.6 Å². The molecule has 1 heterocycles. The van der Waals surface area contributed by atoms with Gasteiger partial charge in [0, 0.05) is 28.4 Å². The van der Waals surface area contributed by atoms with E-state index >= 15 is 0 Å². The van der Waals surface area contributed by atoms with Crippen molar-refractivity contribution in [2.45, 2.75) is 5.75 Å². The van der Waals surface area contributed by atoms with Crippen molar-refractivity contribution in [1.29, 1.82) is 0 Å². The second kappa shape index (κ2) is 9.11. The van der Waals surface area contributed by atoms with Crippen molar-refractivity contribution in [3.8, 4) is 0 Å². The van der Waals surface area contributed by atoms with E-state index < -0.39 is 14.8 Å². The van der Waals surface area contributed by atoms with Crippen molar-refractivity contribution in [2.24, 2.45) is 0 Å². The maximum absolute atomic E-state index is 13.5. The maximum atomic E-state index is 13.5. The van der Waals surface area contributed by atoms with E-state index in [-0.39, 0.29) is 21.1 Å². The van der Waals surface area contributed by atoms with Crippen molar-refractivity contribution in [3.05, 3.63) is 103 Å². The Balaban J connectivity index is 1.92. The minimum absolute atomic E-state index is 0.0161. The molecular weight excluding hydrogens is 505 g/mol. The van der Waals surface area contributed by atoms with Crippen LogP contribution in [-0.2, 0) is 15.6 Å². The molecule has 0 radical (unpaired) electrons. The molecule has 4 aromatic rings. The summed E-state index contributed by atoms with van der Waals surface area (Å²) in [5, 5.41) is 12.2. The molecule has 7 nitrogen and oxygen atoms in total. The van der Waals surface area contributed by atoms with Crippen molar-refractivity contribution in [1.82, 2.24) is 9.55 Å². The molecule has 0 amide bonds. The Morgan fingerprint density at radius 1 is 1.03 bits per heavy atom. The monoisotopic (exact) mass is 519 g/mol. The number of imidazole rings is 1. The molecule has 0 saturated carbocycles. The zero-order valence-corrected chi connectivity index (χ0v) is 19.9. The molecule has 3 aromatic carbocycles. The van der Waals surface area contributed by atoms with Gasteiger partial charge in [-0.05, 0) is 53.7 Å². The van der Waals surface area contributed by atoms with E-state index in [4.69, 9.17) is 35.4 Å². The molecule has 1 aromatic heterocycles. The number of benzene rings is 3. The predicted molar refractivity (Wildman–Crippen MR) is 133 cm³/mol. The summed E-state index contributed by atoms with van der Waals surface area (Å²) in [6.45, 7) is 0. The SMILES string of the molecule is O=[N+]([O-])c1ccc2[nH]c(=S)n(/C=C(/c3ccc(Cl)cc3)S(=O)(=O)Cc3ccc(Cl)cc3)c2c1. The summed E-state index contributed by atoms with van der Waals surface area (Å²) in [4.78, 5) is 13.7. The number of aromatic amines is 1. The zero-order chi connectivity index (χ0) is 23.8. The van der Waals surface area contributed by atoms with Gasteiger partial charge in [0.1, 0.15) is 0 Å². The van der Waals surface area contributed by atoms with E-state index in [1.165, 1.54) is 29.0 Å². The van der Waals surface area contributed by atoms with Crippen LogP contribution in [0.3, 0.4) is 0 Å². The standard InChI is InChI=1S/C22H15Cl2N3O4S2/c23-16-5-1-14(2-6-16)13-33(30,31)21(15-3-7-17(24)8-4-15)12-26-20-11-18(27(28)29)9-10-19(20)25-22(26)32/h1-12H,13H2,(H,25,32)/b21-12-. The van der Waals surface area contributed by atoms with Crippen molar-refractivity contribution in [3.63, 3.8) is 0 Å². The van der Waals surface area contributed by atoms with Gasteiger partial charge in [-0.2, -0.15) is 0 Å². The summed E-state index contributed by atoms with van der Waals surface area (Å²) in [5.41, 5.74) is 1.72. The summed E-state index contributed by atoms with van der Waals surface area (Å²) in [6.07, 6.45) is 1.37. The number of sulfone groups is 1. The molecule has 11 heteroatoms. The lowest BCUT2D eigenvalue weighted by atomic mass is 10.2. The van der Waals surface area contributed by atoms with E-state index in [9.17, 15) is 18.5 Å². The topological polar surface area (TPSA) is 98.0 Å². The first kappa shape index (κ1) is 23.2. The Morgan fingerprint density at radius 3 is 2.24 bits per heavy atom. The lowest BCUT2D eigenvalue weighted by Crippen LogP contribution is -2.08. The van der Waals surface area contributed by atoms with E-state index in [1.807, 2.05) is 0 Å². The number of fused-ring (bicyclic) bond motifs is 1. The third-order valence-electron chi connectivity index (χ3n) is 4.89. The first-order chi connectivity index (χ1) is 15.6. The highest BCUT2D eigenvalue weighted by molar-refractivity contribution is 8.00. The Bertz CT molecular complexity index is 1560. The van der Waals surface area contributed by atoms with Gasteiger partial charge in [-0.1, -0.05) is 47.5 Å². The van der Waals surface area contributed by atoms with E-state index in [0.29, 0.717) is 32.2 Å². The molecule has 0 aliphatic heterocycles. The smallest absolute Gasteiger partial charge is 0.271 e. The van der Waals surface area contributed by atoms with Crippen LogP contribution in [0.1, 0.15) is 11.1 Å². The van der Waals surface area contributed by atoms with Crippen LogP contribution in [0.15, 0.2) is 66.7 Å². The second-order valence-corrected chi connectivity index (χ2v) is 10.4. The zero-order valence-electron chi connectivity index (χ0n) is 16.7. The number of aromatic nitrogens is 2. The van der Waals surface area contributed by atoms with Crippen LogP contribution in [0, 0.1) is 14.9 Å². The number of nitro benzene ring substituents is 1. The van der Waals surface area contributed by atoms with Crippen LogP contribution in [0.25, 0.3) is 22.1 Å². The Morgan fingerprint density at radius 2 is 1.64 bits per heavy atom. The van der Waals surface area contributed by atoms with Crippen LogP contribution in [0.2, 0.25) is 10.0 Å². The number of nitrogens with zero attached hydrogens (tertiary/aromatic N) is 2. The number of H-pyrrole nitrogens is 1. The molecule has 0 saturated heterocycles. The fourth-order valence-corrected chi connectivity index (χ4v) is 5.36. The molecule has 0 fully saturated rings. The highest BCUT2D eigenvalue weighted by Crippen LogP contribution is 2.29. The third kappa shape index (κ3) is 5.01. The van der Waals surface area contributed by atoms with Crippen LogP contribution in [-0.4, -0.2) is 22.9 Å². The number of nitro groups is 1. The van der Waals surface area contributed by atoms with Crippen LogP contribution in [0.4, 0.5) is 5.69 Å². The fraction of sp³-hybridized carbons (Fsp3) is 0.0455. The summed E-state index contributed by atoms with van der Waals surface area (Å²) in [5.74, 6) is -0.283. The van der Waals surface area contributed by atoms with Gasteiger partial charge in [0.2, 0.25) is 0 Å². The minimum atomic E-state index is -3.88. The second-order valence-electron chi connectivity index (χ2n) is 7.14. The van der Waals surface area contributed by atoms with Gasteiger partial charge in [-0.15, -0.1) is 0 Å². The largest absolute Gasteiger partial charge is 0.330 e. The molecule has 1 N–H and O–H groups in total. The van der Waals surface area contributed by atoms with E-state index in [1.54, 1.807) is 48.5 Å². The average Bonchev–Trinajstić information content (AvgIpc) is 3.08. The number of rotatable bonds is 6. The van der Waals surface area contributed by atoms with Gasteiger partial charge in [-0.25, -0.2) is 8.42 Å². The third-order valence-corrected chi connectivity index (χ3v) is 7.42. The van der Waals surface area contributed by atoms with Crippen molar-refractivity contribution in [2.75, 3.05) is 0 Å². The fourth-order valence-electron chi connectivity index (χ4n) is 3.30. The summed E-state index contributed by atoms with van der Waals surface area (Å²) >= 11 is 17.3. The number of non-ortho nitro benzene ring substituents is 1. The molecule has 0 spiro atoms. The molecule has 168 valence electrons. The van der Waals surface area contributed by atoms with E-state index in [0.717, 1.165) is 0 Å². The molecule has 0 bridgehead atoms. The van der Waals surface area contributed by atoms with E-state index in [2.05, 4.69) is 4.98 Å². The maximum Gasteiger partial charge on any atom is 0.271 e. The molecular formula is C22H15Cl2N3O4S2. The molecule has 0 aliphatic carbocycles. The van der Waals surface area contributed by atoms with Crippen molar-refractivity contribution >= 4 is 73.1 Å². The molecule has 0 atom stereocenters. The summed E-state index contributed by atoms with van der Waals surface area (Å²) in [7, 11) is -3.88. The number of hydrogen-bond acceptors (Lipinski definition) is 5. The average molecular weight is 520 g/mol. The van der Waals surface area contributed by atoms with Gasteiger partial charge in [-0.3, -0.25) is 14.7 Å². The Labute approximate surface area is 204 Å². The quantitative estimate of drug-likeness (QED) is 0.178. The molecule has 0 aliphatic rings. The van der Waals surface area contributed by atoms with Gasteiger partial charge < -0.3 is 4.98 Å². The lowest BCUT2D eigenvalue weighted by Gasteiger charge is -2.11. The first-order valence-electron chi connectivity index (χ1n) is 9.48. The lowest BCUT2D eigenvalue weighted by molar-refractivity contribution is -0.384. The highest BCUT2D eigenvalue weighted by atomic mass is 35.5. The number of nitrogens with one attached hydrogen (secondary N) is 1. The summed E-state index contributed by atoms with van der Waals surface area (Å²) < 4.78 is 28.6. The molecule has 33 heavy (non-hydrogen) atoms. The van der Waals surface area contributed by atoms with Crippen molar-refractivity contribution < 1.29 is 13.3 Å². The molecule has 4 rings (SSSR count). The van der Waals surface area contributed by atoms with Crippen LogP contribution < -0.4 is 0 Å². The number of hydrogen-bond donors (Lipinski definition) is 1.